The van der Waals surface area contributed by atoms with Gasteiger partial charge in [-0.15, -0.1) is 11.8 Å². The maximum absolute atomic E-state index is 12.1. The highest BCUT2D eigenvalue weighted by molar-refractivity contribution is 7.99. The molecule has 0 aliphatic heterocycles. The second kappa shape index (κ2) is 7.66. The third kappa shape index (κ3) is 4.63. The molecule has 5 heteroatoms. The van der Waals surface area contributed by atoms with E-state index in [1.54, 1.807) is 23.9 Å². The van der Waals surface area contributed by atoms with Crippen LogP contribution in [0.3, 0.4) is 0 Å². The van der Waals surface area contributed by atoms with Gasteiger partial charge in [-0.3, -0.25) is 4.79 Å². The first kappa shape index (κ1) is 16.1. The minimum Gasteiger partial charge on any atom is -0.478 e. The van der Waals surface area contributed by atoms with Gasteiger partial charge in [0.15, 0.2) is 0 Å². The minimum absolute atomic E-state index is 0.0935. The van der Waals surface area contributed by atoms with Gasteiger partial charge in [-0.2, -0.15) is 0 Å². The van der Waals surface area contributed by atoms with Crippen molar-refractivity contribution in [2.24, 2.45) is 0 Å². The Morgan fingerprint density at radius 2 is 1.73 bits per heavy atom. The molecule has 0 aliphatic carbocycles. The lowest BCUT2D eigenvalue weighted by atomic mass is 10.2. The van der Waals surface area contributed by atoms with Gasteiger partial charge in [0.05, 0.1) is 10.8 Å². The molecule has 0 unspecified atom stereocenters. The maximum atomic E-state index is 12.1. The van der Waals surface area contributed by atoms with Crippen LogP contribution < -0.4 is 5.32 Å². The molecule has 2 N–H and O–H groups in total. The molecule has 0 aromatic heterocycles. The number of rotatable bonds is 6. The lowest BCUT2D eigenvalue weighted by Gasteiger charge is -2.12. The van der Waals surface area contributed by atoms with Gasteiger partial charge in [-0.1, -0.05) is 30.3 Å². The Labute approximate surface area is 133 Å². The molecule has 0 fully saturated rings. The number of nitrogens with one attached hydrogen (secondary N) is 1. The Hall–Kier alpha value is -2.27. The van der Waals surface area contributed by atoms with Crippen molar-refractivity contribution >= 4 is 29.3 Å². The largest absolute Gasteiger partial charge is 0.478 e. The number of aromatic carboxylic acids is 1. The van der Waals surface area contributed by atoms with Crippen LogP contribution in [0.2, 0.25) is 0 Å². The van der Waals surface area contributed by atoms with Crippen LogP contribution in [-0.2, 0) is 10.5 Å². The summed E-state index contributed by atoms with van der Waals surface area (Å²) in [5, 5.41) is 11.4. The van der Waals surface area contributed by atoms with Crippen LogP contribution in [0.25, 0.3) is 0 Å². The van der Waals surface area contributed by atoms with Crippen molar-refractivity contribution in [1.82, 2.24) is 0 Å². The lowest BCUT2D eigenvalue weighted by Crippen LogP contribution is -2.22. The van der Waals surface area contributed by atoms with Crippen LogP contribution in [-0.4, -0.2) is 22.2 Å². The van der Waals surface area contributed by atoms with Crippen LogP contribution in [0, 0.1) is 0 Å². The molecule has 0 heterocycles. The summed E-state index contributed by atoms with van der Waals surface area (Å²) in [7, 11) is 0. The molecule has 2 aromatic rings. The smallest absolute Gasteiger partial charge is 0.335 e. The first-order valence-corrected chi connectivity index (χ1v) is 7.91. The fourth-order valence-corrected chi connectivity index (χ4v) is 2.66. The summed E-state index contributed by atoms with van der Waals surface area (Å²) in [6.45, 7) is 1.86. The summed E-state index contributed by atoms with van der Waals surface area (Å²) in [6.07, 6.45) is 0. The third-order valence-corrected chi connectivity index (χ3v) is 4.33. The van der Waals surface area contributed by atoms with E-state index in [9.17, 15) is 9.59 Å². The number of hydrogen-bond donors (Lipinski definition) is 2. The molecular formula is C17H17NO3S. The van der Waals surface area contributed by atoms with Crippen LogP contribution >= 0.6 is 11.8 Å². The van der Waals surface area contributed by atoms with Gasteiger partial charge in [-0.05, 0) is 36.8 Å². The Kier molecular flexibility index (Phi) is 5.61. The number of anilines is 1. The molecule has 114 valence electrons. The van der Waals surface area contributed by atoms with Crippen LogP contribution in [0.5, 0.6) is 0 Å². The van der Waals surface area contributed by atoms with Gasteiger partial charge in [0.25, 0.3) is 0 Å². The Balaban J connectivity index is 1.87. The number of carboxylic acids is 1. The predicted octanol–water partition coefficient (Wildman–Crippen LogP) is 3.65. The number of carbonyl (C=O) groups is 2. The molecule has 2 aromatic carbocycles. The highest BCUT2D eigenvalue weighted by Gasteiger charge is 2.14. The van der Waals surface area contributed by atoms with Crippen molar-refractivity contribution in [3.8, 4) is 0 Å². The summed E-state index contributed by atoms with van der Waals surface area (Å²) in [4.78, 5) is 22.9. The van der Waals surface area contributed by atoms with Crippen molar-refractivity contribution in [2.75, 3.05) is 5.32 Å². The van der Waals surface area contributed by atoms with E-state index in [-0.39, 0.29) is 16.7 Å². The second-order valence-electron chi connectivity index (χ2n) is 4.81. The van der Waals surface area contributed by atoms with E-state index in [2.05, 4.69) is 5.32 Å². The van der Waals surface area contributed by atoms with Crippen molar-refractivity contribution in [3.63, 3.8) is 0 Å². The zero-order valence-corrected chi connectivity index (χ0v) is 13.0. The van der Waals surface area contributed by atoms with Crippen molar-refractivity contribution < 1.29 is 14.7 Å². The zero-order valence-electron chi connectivity index (χ0n) is 12.2. The fourth-order valence-electron chi connectivity index (χ4n) is 1.81. The van der Waals surface area contributed by atoms with E-state index in [0.29, 0.717) is 5.69 Å². The third-order valence-electron chi connectivity index (χ3n) is 3.11. The van der Waals surface area contributed by atoms with Crippen molar-refractivity contribution in [1.29, 1.82) is 0 Å². The van der Waals surface area contributed by atoms with E-state index in [4.69, 9.17) is 5.11 Å². The number of carboxylic acid groups (broad SMARTS) is 1. The summed E-state index contributed by atoms with van der Waals surface area (Å²) in [5.41, 5.74) is 1.98. The standard InChI is InChI=1S/C17H17NO3S/c1-12(22-11-13-5-3-2-4-6-13)16(19)18-15-9-7-14(8-10-15)17(20)21/h2-10,12H,11H2,1H3,(H,18,19)(H,20,21)/t12-/m0/s1. The molecule has 0 spiro atoms. The van der Waals surface area contributed by atoms with Gasteiger partial charge in [0, 0.05) is 11.4 Å². The van der Waals surface area contributed by atoms with E-state index in [1.807, 2.05) is 37.3 Å². The highest BCUT2D eigenvalue weighted by atomic mass is 32.2. The molecule has 2 rings (SSSR count). The molecule has 0 radical (unpaired) electrons. The molecule has 0 saturated carbocycles. The number of carbonyl (C=O) groups excluding carboxylic acids is 1. The van der Waals surface area contributed by atoms with E-state index in [0.717, 1.165) is 5.75 Å². The monoisotopic (exact) mass is 315 g/mol. The van der Waals surface area contributed by atoms with Crippen LogP contribution in [0.1, 0.15) is 22.8 Å². The topological polar surface area (TPSA) is 66.4 Å². The average molecular weight is 315 g/mol. The minimum atomic E-state index is -0.982. The SMILES string of the molecule is C[C@H](SCc1ccccc1)C(=O)Nc1ccc(C(=O)O)cc1. The van der Waals surface area contributed by atoms with Gasteiger partial charge >= 0.3 is 5.97 Å². The number of benzene rings is 2. The molecule has 1 amide bonds. The second-order valence-corrected chi connectivity index (χ2v) is 6.14. The molecular weight excluding hydrogens is 298 g/mol. The summed E-state index contributed by atoms with van der Waals surface area (Å²) in [5.74, 6) is -0.304. The Morgan fingerprint density at radius 1 is 1.09 bits per heavy atom. The van der Waals surface area contributed by atoms with Gasteiger partial charge in [0.1, 0.15) is 0 Å². The quantitative estimate of drug-likeness (QED) is 0.854. The number of amides is 1. The van der Waals surface area contributed by atoms with Crippen LogP contribution in [0.15, 0.2) is 54.6 Å². The average Bonchev–Trinajstić information content (AvgIpc) is 2.54. The summed E-state index contributed by atoms with van der Waals surface area (Å²) < 4.78 is 0. The van der Waals surface area contributed by atoms with Gasteiger partial charge < -0.3 is 10.4 Å². The fraction of sp³-hybridized carbons (Fsp3) is 0.176. The number of thioether (sulfide) groups is 1. The first-order valence-electron chi connectivity index (χ1n) is 6.86. The molecule has 22 heavy (non-hydrogen) atoms. The lowest BCUT2D eigenvalue weighted by molar-refractivity contribution is -0.115. The van der Waals surface area contributed by atoms with Crippen molar-refractivity contribution in [3.05, 3.63) is 65.7 Å². The molecule has 1 atom stereocenters. The highest BCUT2D eigenvalue weighted by Crippen LogP contribution is 2.19. The zero-order chi connectivity index (χ0) is 15.9. The van der Waals surface area contributed by atoms with E-state index >= 15 is 0 Å². The maximum Gasteiger partial charge on any atom is 0.335 e. The molecule has 0 saturated heterocycles. The summed E-state index contributed by atoms with van der Waals surface area (Å²) >= 11 is 1.56. The van der Waals surface area contributed by atoms with E-state index < -0.39 is 5.97 Å². The Bertz CT molecular complexity index is 641. The van der Waals surface area contributed by atoms with Crippen LogP contribution in [0.4, 0.5) is 5.69 Å². The van der Waals surface area contributed by atoms with Gasteiger partial charge in [0.2, 0.25) is 5.91 Å². The van der Waals surface area contributed by atoms with Gasteiger partial charge in [-0.25, -0.2) is 4.79 Å². The predicted molar refractivity (Wildman–Crippen MR) is 89.2 cm³/mol. The molecule has 4 nitrogen and oxygen atoms in total. The molecule has 0 bridgehead atoms. The first-order chi connectivity index (χ1) is 10.6. The van der Waals surface area contributed by atoms with E-state index in [1.165, 1.54) is 17.7 Å². The number of hydrogen-bond acceptors (Lipinski definition) is 3. The molecule has 0 aliphatic rings. The Morgan fingerprint density at radius 3 is 2.32 bits per heavy atom. The normalized spacial score (nSPS) is 11.7. The van der Waals surface area contributed by atoms with Crippen molar-refractivity contribution in [2.45, 2.75) is 17.9 Å². The summed E-state index contributed by atoms with van der Waals surface area (Å²) in [6, 6.07) is 16.1.